The summed E-state index contributed by atoms with van der Waals surface area (Å²) in [5.41, 5.74) is -0.963. The molecule has 0 saturated carbocycles. The molecule has 0 unspecified atom stereocenters. The lowest BCUT2D eigenvalue weighted by atomic mass is 10.4. The molecule has 3 heteroatoms. The van der Waals surface area contributed by atoms with E-state index in [2.05, 4.69) is 4.74 Å². The number of H-pyrrole nitrogens is 1. The van der Waals surface area contributed by atoms with Gasteiger partial charge in [0, 0.05) is 12.2 Å². The second-order valence-corrected chi connectivity index (χ2v) is 1.26. The third-order valence-corrected chi connectivity index (χ3v) is 0.681. The van der Waals surface area contributed by atoms with Gasteiger partial charge in [0.2, 0.25) is 0 Å². The van der Waals surface area contributed by atoms with Crippen molar-refractivity contribution in [3.8, 4) is 5.75 Å². The molecule has 3 nitrogen and oxygen atoms in total. The number of hydrogen-bond acceptors (Lipinski definition) is 2. The minimum absolute atomic E-state index is 0.588. The molecule has 48 valence electrons. The molecule has 0 radical (unpaired) electrons. The summed E-state index contributed by atoms with van der Waals surface area (Å²) in [6, 6.07) is -1.40. The molecule has 0 bridgehead atoms. The Morgan fingerprint density at radius 2 is 2.89 bits per heavy atom. The van der Waals surface area contributed by atoms with Crippen molar-refractivity contribution in [2.24, 2.45) is 0 Å². The van der Waals surface area contributed by atoms with E-state index < -0.39 is 36.6 Å². The second-order valence-electron chi connectivity index (χ2n) is 1.26. The molecular weight excluding hydrogens is 118 g/mol. The molecule has 1 aromatic rings. The van der Waals surface area contributed by atoms with Crippen molar-refractivity contribution < 1.29 is 13.0 Å². The summed E-state index contributed by atoms with van der Waals surface area (Å²) in [6.45, 7) is 0. The number of pyridine rings is 1. The zero-order valence-corrected chi connectivity index (χ0v) is 4.32. The maximum Gasteiger partial charge on any atom is 0.251 e. The molecule has 0 aliphatic rings. The van der Waals surface area contributed by atoms with Crippen molar-refractivity contribution >= 4 is 0 Å². The van der Waals surface area contributed by atoms with E-state index in [0.29, 0.717) is 0 Å². The van der Waals surface area contributed by atoms with Crippen LogP contribution in [0.2, 0.25) is 0 Å². The Morgan fingerprint density at radius 1 is 2.00 bits per heavy atom. The first-order valence-electron chi connectivity index (χ1n) is 5.11. The molecular formula is C6H7NO2. The van der Waals surface area contributed by atoms with Gasteiger partial charge >= 0.3 is 0 Å². The number of hydrogen-bond donors (Lipinski definition) is 1. The molecule has 1 rings (SSSR count). The summed E-state index contributed by atoms with van der Waals surface area (Å²) >= 11 is 0. The molecule has 0 aromatic carbocycles. The average Bonchev–Trinajstić information content (AvgIpc) is 2.08. The van der Waals surface area contributed by atoms with Gasteiger partial charge in [0.1, 0.15) is 5.75 Å². The Morgan fingerprint density at radius 3 is 3.67 bits per heavy atom. The van der Waals surface area contributed by atoms with Gasteiger partial charge in [-0.3, -0.25) is 4.79 Å². The van der Waals surface area contributed by atoms with Crippen LogP contribution in [0, 0.1) is 0 Å². The number of methoxy groups -OCH3 is 1. The minimum atomic E-state index is -2.86. The highest BCUT2D eigenvalue weighted by Crippen LogP contribution is 2.00. The Kier molecular flexibility index (Phi) is 0.487. The zero-order chi connectivity index (χ0) is 11.8. The summed E-state index contributed by atoms with van der Waals surface area (Å²) in [7, 11) is -2.86. The van der Waals surface area contributed by atoms with Crippen LogP contribution in [0.5, 0.6) is 5.75 Å². The van der Waals surface area contributed by atoms with Crippen molar-refractivity contribution in [2.45, 2.75) is 0 Å². The molecule has 0 aliphatic heterocycles. The first kappa shape index (κ1) is 1.87. The van der Waals surface area contributed by atoms with Crippen molar-refractivity contribution in [3.05, 3.63) is 28.6 Å². The lowest BCUT2D eigenvalue weighted by molar-refractivity contribution is 0.413. The molecule has 1 aromatic heterocycles. The molecule has 0 spiro atoms. The predicted octanol–water partition coefficient (Wildman–Crippen LogP) is 0.383. The molecule has 0 fully saturated rings. The van der Waals surface area contributed by atoms with Crippen LogP contribution < -0.4 is 10.3 Å². The van der Waals surface area contributed by atoms with Crippen LogP contribution in [0.25, 0.3) is 0 Å². The zero-order valence-electron chi connectivity index (χ0n) is 10.3. The molecule has 0 aliphatic carbocycles. The van der Waals surface area contributed by atoms with Crippen LogP contribution >= 0.6 is 0 Å². The fourth-order valence-electron chi connectivity index (χ4n) is 0.361. The highest BCUT2D eigenvalue weighted by molar-refractivity contribution is 5.16. The molecule has 9 heavy (non-hydrogen) atoms. The number of rotatable bonds is 1. The summed E-state index contributed by atoms with van der Waals surface area (Å²) in [5.74, 6) is -0.705. The first-order valence-corrected chi connectivity index (χ1v) is 2.11. The summed E-state index contributed by atoms with van der Waals surface area (Å²) in [6.07, 6.45) is -0.588. The Balaban J connectivity index is 3.34. The van der Waals surface area contributed by atoms with E-state index in [0.717, 1.165) is 0 Å². The van der Waals surface area contributed by atoms with E-state index >= 15 is 0 Å². The number of nitrogens with one attached hydrogen (secondary N) is 1. The van der Waals surface area contributed by atoms with Crippen LogP contribution in [0.1, 0.15) is 8.22 Å². The van der Waals surface area contributed by atoms with E-state index in [1.165, 1.54) is 0 Å². The van der Waals surface area contributed by atoms with Crippen molar-refractivity contribution in [1.82, 2.24) is 4.98 Å². The van der Waals surface area contributed by atoms with Crippen molar-refractivity contribution in [2.75, 3.05) is 7.04 Å². The molecule has 0 atom stereocenters. The van der Waals surface area contributed by atoms with Crippen molar-refractivity contribution in [3.63, 3.8) is 0 Å². The average molecular weight is 131 g/mol. The van der Waals surface area contributed by atoms with Gasteiger partial charge in [-0.1, -0.05) is 0 Å². The largest absolute Gasteiger partial charge is 0.497 e. The SMILES string of the molecule is [2H]c1[nH]c(=O)c([2H])c(OC([2H])([2H])[2H])c1[2H]. The smallest absolute Gasteiger partial charge is 0.251 e. The highest BCUT2D eigenvalue weighted by atomic mass is 16.5. The Bertz CT molecular complexity index is 436. The van der Waals surface area contributed by atoms with Gasteiger partial charge < -0.3 is 9.72 Å². The van der Waals surface area contributed by atoms with Gasteiger partial charge in [-0.2, -0.15) is 0 Å². The lowest BCUT2D eigenvalue weighted by Gasteiger charge is -1.93. The third kappa shape index (κ3) is 1.32. The number of aromatic nitrogens is 1. The van der Waals surface area contributed by atoms with Crippen LogP contribution in [0.3, 0.4) is 0 Å². The summed E-state index contributed by atoms with van der Waals surface area (Å²) in [4.78, 5) is 12.9. The normalized spacial score (nSPS) is 20.0. The molecule has 0 amide bonds. The molecule has 1 N–H and O–H groups in total. The van der Waals surface area contributed by atoms with Gasteiger partial charge in [0.15, 0.2) is 0 Å². The van der Waals surface area contributed by atoms with Gasteiger partial charge in [-0.25, -0.2) is 0 Å². The van der Waals surface area contributed by atoms with E-state index in [9.17, 15) is 4.79 Å². The number of ether oxygens (including phenoxy) is 1. The maximum absolute atomic E-state index is 11.0. The third-order valence-electron chi connectivity index (χ3n) is 0.681. The fraction of sp³-hybridized carbons (Fsp3) is 0.167. The maximum atomic E-state index is 11.0. The van der Waals surface area contributed by atoms with Gasteiger partial charge in [-0.15, -0.1) is 0 Å². The fourth-order valence-corrected chi connectivity index (χ4v) is 0.361. The monoisotopic (exact) mass is 131 g/mol. The Labute approximate surface area is 60.7 Å². The second kappa shape index (κ2) is 2.35. The van der Waals surface area contributed by atoms with Crippen LogP contribution in [0.4, 0.5) is 0 Å². The van der Waals surface area contributed by atoms with Crippen LogP contribution in [-0.2, 0) is 0 Å². The summed E-state index contributed by atoms with van der Waals surface area (Å²) in [5, 5.41) is 0. The topological polar surface area (TPSA) is 42.1 Å². The van der Waals surface area contributed by atoms with Crippen LogP contribution in [-0.4, -0.2) is 12.0 Å². The van der Waals surface area contributed by atoms with E-state index in [4.69, 9.17) is 8.22 Å². The van der Waals surface area contributed by atoms with E-state index in [-0.39, 0.29) is 0 Å². The standard InChI is InChI=1S/C6H7NO2/c1-9-5-2-3-7-6(8)4-5/h2-4H,1H3,(H,7,8)/i1D3,2D,3D,4D. The van der Waals surface area contributed by atoms with Crippen LogP contribution in [0.15, 0.2) is 23.1 Å². The lowest BCUT2D eigenvalue weighted by Crippen LogP contribution is -2.01. The Hall–Kier alpha value is -1.25. The highest BCUT2D eigenvalue weighted by Gasteiger charge is 1.86. The van der Waals surface area contributed by atoms with Gasteiger partial charge in [0.05, 0.1) is 15.3 Å². The quantitative estimate of drug-likeness (QED) is 0.598. The van der Waals surface area contributed by atoms with E-state index in [1.807, 2.05) is 4.98 Å². The van der Waals surface area contributed by atoms with Gasteiger partial charge in [-0.05, 0) is 6.04 Å². The minimum Gasteiger partial charge on any atom is -0.497 e. The first-order chi connectivity index (χ1) is 6.72. The number of aromatic amines is 1. The molecule has 0 saturated heterocycles. The molecule has 1 heterocycles. The van der Waals surface area contributed by atoms with E-state index in [1.54, 1.807) is 0 Å². The summed E-state index contributed by atoms with van der Waals surface area (Å²) < 4.78 is 46.2. The van der Waals surface area contributed by atoms with Crippen molar-refractivity contribution in [1.29, 1.82) is 0 Å². The predicted molar refractivity (Wildman–Crippen MR) is 33.6 cm³/mol. The van der Waals surface area contributed by atoms with Gasteiger partial charge in [0.25, 0.3) is 5.56 Å².